The summed E-state index contributed by atoms with van der Waals surface area (Å²) in [5.74, 6) is 0.616. The molecule has 1 aliphatic carbocycles. The Morgan fingerprint density at radius 3 is 2.60 bits per heavy atom. The van der Waals surface area contributed by atoms with E-state index >= 15 is 0 Å². The van der Waals surface area contributed by atoms with Crippen molar-refractivity contribution in [3.05, 3.63) is 65.0 Å². The van der Waals surface area contributed by atoms with Crippen molar-refractivity contribution >= 4 is 5.78 Å². The summed E-state index contributed by atoms with van der Waals surface area (Å²) in [6.07, 6.45) is 2.24. The summed E-state index contributed by atoms with van der Waals surface area (Å²) < 4.78 is 19.7. The van der Waals surface area contributed by atoms with Gasteiger partial charge in [-0.1, -0.05) is 18.2 Å². The second-order valence-corrected chi connectivity index (χ2v) is 6.68. The van der Waals surface area contributed by atoms with Gasteiger partial charge in [0, 0.05) is 35.3 Å². The van der Waals surface area contributed by atoms with Crippen LogP contribution >= 0.6 is 0 Å². The smallest absolute Gasteiger partial charge is 0.159 e. The van der Waals surface area contributed by atoms with Gasteiger partial charge in [-0.25, -0.2) is 4.39 Å². The normalized spacial score (nSPS) is 15.2. The molecule has 132 valence electrons. The van der Waals surface area contributed by atoms with Gasteiger partial charge in [0.2, 0.25) is 0 Å². The molecular weight excluding hydrogens is 317 g/mol. The lowest BCUT2D eigenvalue weighted by Crippen LogP contribution is -2.29. The maximum absolute atomic E-state index is 14.2. The van der Waals surface area contributed by atoms with Gasteiger partial charge in [0.25, 0.3) is 0 Å². The lowest BCUT2D eigenvalue weighted by Gasteiger charge is -2.30. The highest BCUT2D eigenvalue weighted by atomic mass is 19.1. The van der Waals surface area contributed by atoms with Crippen LogP contribution in [0.5, 0.6) is 5.75 Å². The van der Waals surface area contributed by atoms with E-state index in [1.54, 1.807) is 26.2 Å². The van der Waals surface area contributed by atoms with E-state index in [0.29, 0.717) is 23.7 Å². The Labute approximate surface area is 148 Å². The van der Waals surface area contributed by atoms with Crippen LogP contribution in [-0.2, 0) is 6.54 Å². The summed E-state index contributed by atoms with van der Waals surface area (Å²) in [7, 11) is 1.63. The lowest BCUT2D eigenvalue weighted by atomic mass is 10.0. The van der Waals surface area contributed by atoms with Crippen molar-refractivity contribution in [2.45, 2.75) is 45.3 Å². The van der Waals surface area contributed by atoms with E-state index in [0.717, 1.165) is 24.2 Å². The molecule has 0 spiro atoms. The summed E-state index contributed by atoms with van der Waals surface area (Å²) in [5.41, 5.74) is 2.34. The number of hydrogen-bond donors (Lipinski definition) is 0. The molecule has 0 radical (unpaired) electrons. The van der Waals surface area contributed by atoms with Gasteiger partial charge in [-0.2, -0.15) is 0 Å². The van der Waals surface area contributed by atoms with Gasteiger partial charge in [0.15, 0.2) is 5.78 Å². The monoisotopic (exact) mass is 341 g/mol. The van der Waals surface area contributed by atoms with Crippen LogP contribution in [0.4, 0.5) is 4.39 Å². The number of hydrogen-bond acceptors (Lipinski definition) is 3. The van der Waals surface area contributed by atoms with Crippen molar-refractivity contribution in [3.8, 4) is 5.75 Å². The molecule has 1 aliphatic rings. The number of halogens is 1. The van der Waals surface area contributed by atoms with Crippen LogP contribution in [0.1, 0.15) is 54.2 Å². The van der Waals surface area contributed by atoms with E-state index in [2.05, 4.69) is 4.90 Å². The minimum Gasteiger partial charge on any atom is -0.496 e. The topological polar surface area (TPSA) is 29.5 Å². The zero-order chi connectivity index (χ0) is 18.0. The van der Waals surface area contributed by atoms with Gasteiger partial charge in [0.05, 0.1) is 7.11 Å². The van der Waals surface area contributed by atoms with Crippen LogP contribution in [0.3, 0.4) is 0 Å². The molecule has 4 heteroatoms. The largest absolute Gasteiger partial charge is 0.496 e. The average Bonchev–Trinajstić information content (AvgIpc) is 3.44. The molecule has 1 saturated carbocycles. The number of carbonyl (C=O) groups excluding carboxylic acids is 1. The lowest BCUT2D eigenvalue weighted by molar-refractivity contribution is 0.101. The molecule has 0 aliphatic heterocycles. The second-order valence-electron chi connectivity index (χ2n) is 6.68. The van der Waals surface area contributed by atoms with Crippen LogP contribution < -0.4 is 4.74 Å². The maximum atomic E-state index is 14.2. The molecule has 1 atom stereocenters. The molecular formula is C21H24FNO2. The van der Waals surface area contributed by atoms with E-state index in [1.807, 2.05) is 31.2 Å². The first-order chi connectivity index (χ1) is 12.0. The Bertz CT molecular complexity index is 770. The zero-order valence-electron chi connectivity index (χ0n) is 15.0. The number of benzene rings is 2. The van der Waals surface area contributed by atoms with E-state index in [4.69, 9.17) is 4.74 Å². The van der Waals surface area contributed by atoms with Crippen molar-refractivity contribution in [1.82, 2.24) is 4.90 Å². The fourth-order valence-electron chi connectivity index (χ4n) is 3.30. The van der Waals surface area contributed by atoms with Gasteiger partial charge in [-0.05, 0) is 51.0 Å². The quantitative estimate of drug-likeness (QED) is 0.680. The third kappa shape index (κ3) is 3.90. The molecule has 0 N–H and O–H groups in total. The summed E-state index contributed by atoms with van der Waals surface area (Å²) in [5, 5.41) is 0. The van der Waals surface area contributed by atoms with E-state index in [1.165, 1.54) is 6.07 Å². The predicted molar refractivity (Wildman–Crippen MR) is 96.4 cm³/mol. The molecule has 1 fully saturated rings. The van der Waals surface area contributed by atoms with Crippen molar-refractivity contribution in [3.63, 3.8) is 0 Å². The Morgan fingerprint density at radius 1 is 1.28 bits per heavy atom. The summed E-state index contributed by atoms with van der Waals surface area (Å²) >= 11 is 0. The first kappa shape index (κ1) is 17.6. The van der Waals surface area contributed by atoms with Crippen LogP contribution in [0.25, 0.3) is 0 Å². The molecule has 2 aromatic carbocycles. The minimum atomic E-state index is -0.176. The molecule has 3 nitrogen and oxygen atoms in total. The molecule has 2 aromatic rings. The number of methoxy groups -OCH3 is 1. The molecule has 0 aromatic heterocycles. The number of nitrogens with zero attached hydrogens (tertiary/aromatic N) is 1. The highest BCUT2D eigenvalue weighted by molar-refractivity contribution is 5.94. The fraction of sp³-hybridized carbons (Fsp3) is 0.381. The summed E-state index contributed by atoms with van der Waals surface area (Å²) in [6, 6.07) is 12.9. The minimum absolute atomic E-state index is 0.0315. The number of carbonyl (C=O) groups is 1. The number of Topliss-reactive ketones (excluding diaryl/α,β-unsaturated/α-hetero) is 1. The average molecular weight is 341 g/mol. The Balaban J connectivity index is 1.91. The standard InChI is InChI=1S/C21H24FNO2/c1-14(19-6-4-5-7-20(19)22)23(18-9-10-18)13-17-12-16(15(2)24)8-11-21(17)25-3/h4-8,11-12,14,18H,9-10,13H2,1-3H3/t14-/m0/s1. The molecule has 0 unspecified atom stereocenters. The highest BCUT2D eigenvalue weighted by Crippen LogP contribution is 2.37. The van der Waals surface area contributed by atoms with E-state index < -0.39 is 0 Å². The number of ketones is 1. The van der Waals surface area contributed by atoms with Gasteiger partial charge in [-0.15, -0.1) is 0 Å². The Morgan fingerprint density at radius 2 is 2.00 bits per heavy atom. The summed E-state index contributed by atoms with van der Waals surface area (Å²) in [4.78, 5) is 14.0. The van der Waals surface area contributed by atoms with Gasteiger partial charge < -0.3 is 4.74 Å². The number of rotatable bonds is 7. The zero-order valence-corrected chi connectivity index (χ0v) is 15.0. The Hall–Kier alpha value is -2.20. The third-order valence-electron chi connectivity index (χ3n) is 4.91. The van der Waals surface area contributed by atoms with Crippen molar-refractivity contribution in [2.75, 3.05) is 7.11 Å². The van der Waals surface area contributed by atoms with Crippen molar-refractivity contribution in [1.29, 1.82) is 0 Å². The maximum Gasteiger partial charge on any atom is 0.159 e. The molecule has 0 heterocycles. The summed E-state index contributed by atoms with van der Waals surface area (Å²) in [6.45, 7) is 4.23. The van der Waals surface area contributed by atoms with Gasteiger partial charge >= 0.3 is 0 Å². The van der Waals surface area contributed by atoms with Crippen LogP contribution in [0, 0.1) is 5.82 Å². The van der Waals surface area contributed by atoms with Crippen molar-refractivity contribution in [2.24, 2.45) is 0 Å². The molecule has 25 heavy (non-hydrogen) atoms. The van der Waals surface area contributed by atoms with Gasteiger partial charge in [0.1, 0.15) is 11.6 Å². The van der Waals surface area contributed by atoms with Crippen LogP contribution in [-0.4, -0.2) is 23.8 Å². The Kier molecular flexibility index (Phi) is 5.19. The predicted octanol–water partition coefficient (Wildman–Crippen LogP) is 4.76. The highest BCUT2D eigenvalue weighted by Gasteiger charge is 2.34. The third-order valence-corrected chi connectivity index (χ3v) is 4.91. The van der Waals surface area contributed by atoms with Crippen molar-refractivity contribution < 1.29 is 13.9 Å². The van der Waals surface area contributed by atoms with E-state index in [9.17, 15) is 9.18 Å². The van der Waals surface area contributed by atoms with Crippen LogP contribution in [0.2, 0.25) is 0 Å². The first-order valence-corrected chi connectivity index (χ1v) is 8.69. The molecule has 0 amide bonds. The SMILES string of the molecule is COc1ccc(C(C)=O)cc1CN(C1CC1)[C@@H](C)c1ccccc1F. The molecule has 0 saturated heterocycles. The molecule has 0 bridgehead atoms. The number of ether oxygens (including phenoxy) is 1. The fourth-order valence-corrected chi connectivity index (χ4v) is 3.30. The first-order valence-electron chi connectivity index (χ1n) is 8.69. The van der Waals surface area contributed by atoms with Gasteiger partial charge in [-0.3, -0.25) is 9.69 Å². The van der Waals surface area contributed by atoms with E-state index in [-0.39, 0.29) is 17.6 Å². The second kappa shape index (κ2) is 7.36. The van der Waals surface area contributed by atoms with Crippen LogP contribution in [0.15, 0.2) is 42.5 Å². The molecule has 3 rings (SSSR count).